The van der Waals surface area contributed by atoms with Gasteiger partial charge in [0, 0.05) is 57.2 Å². The molecule has 0 unspecified atom stereocenters. The van der Waals surface area contributed by atoms with E-state index in [-0.39, 0.29) is 11.3 Å². The van der Waals surface area contributed by atoms with Crippen LogP contribution in [0.5, 0.6) is 0 Å². The van der Waals surface area contributed by atoms with E-state index >= 15 is 0 Å². The van der Waals surface area contributed by atoms with Crippen LogP contribution in [0.15, 0.2) is 42.7 Å². The van der Waals surface area contributed by atoms with E-state index in [0.717, 1.165) is 49.9 Å². The number of carbonyl (C=O) groups is 1. The molecule has 1 fully saturated rings. The second kappa shape index (κ2) is 8.48. The van der Waals surface area contributed by atoms with Crippen LogP contribution in [-0.4, -0.2) is 53.5 Å². The molecule has 3 rings (SSSR count). The van der Waals surface area contributed by atoms with Crippen molar-refractivity contribution in [2.45, 2.75) is 32.6 Å². The number of amides is 1. The molecule has 1 aromatic heterocycles. The smallest absolute Gasteiger partial charge is 0.225 e. The molecule has 0 aliphatic carbocycles. The molecule has 2 aromatic rings. The minimum atomic E-state index is -0.000287. The van der Waals surface area contributed by atoms with E-state index in [2.05, 4.69) is 51.9 Å². The topological polar surface area (TPSA) is 61.4 Å². The van der Waals surface area contributed by atoms with Gasteiger partial charge in [-0.25, -0.2) is 9.97 Å². The van der Waals surface area contributed by atoms with Crippen LogP contribution in [0.1, 0.15) is 32.8 Å². The van der Waals surface area contributed by atoms with E-state index in [9.17, 15) is 4.79 Å². The number of anilines is 2. The monoisotopic (exact) mass is 367 g/mol. The Balaban J connectivity index is 1.47. The van der Waals surface area contributed by atoms with Crippen LogP contribution in [-0.2, 0) is 10.2 Å². The van der Waals surface area contributed by atoms with Gasteiger partial charge in [0.1, 0.15) is 0 Å². The highest BCUT2D eigenvalue weighted by Gasteiger charge is 2.21. The molecule has 144 valence electrons. The minimum Gasteiger partial charge on any atom is -0.338 e. The van der Waals surface area contributed by atoms with E-state index in [1.807, 2.05) is 24.3 Å². The average Bonchev–Trinajstić information content (AvgIpc) is 2.67. The molecule has 0 bridgehead atoms. The Bertz CT molecular complexity index is 749. The van der Waals surface area contributed by atoms with Gasteiger partial charge in [-0.15, -0.1) is 0 Å². The van der Waals surface area contributed by atoms with Crippen LogP contribution in [0.2, 0.25) is 0 Å². The third-order valence-corrected chi connectivity index (χ3v) is 4.87. The molecule has 1 saturated heterocycles. The number of carbonyl (C=O) groups excluding carboxylic acids is 1. The van der Waals surface area contributed by atoms with Crippen molar-refractivity contribution in [1.82, 2.24) is 14.9 Å². The molecule has 0 atom stereocenters. The first kappa shape index (κ1) is 19.3. The molecule has 6 heteroatoms. The fourth-order valence-corrected chi connectivity index (χ4v) is 3.34. The Labute approximate surface area is 161 Å². The first-order chi connectivity index (χ1) is 12.9. The second-order valence-corrected chi connectivity index (χ2v) is 7.97. The number of nitrogens with zero attached hydrogens (tertiary/aromatic N) is 4. The summed E-state index contributed by atoms with van der Waals surface area (Å²) in [6.07, 6.45) is 4.04. The maximum Gasteiger partial charge on any atom is 0.225 e. The quantitative estimate of drug-likeness (QED) is 0.880. The lowest BCUT2D eigenvalue weighted by Crippen LogP contribution is -2.47. The zero-order valence-corrected chi connectivity index (χ0v) is 16.5. The van der Waals surface area contributed by atoms with Crippen molar-refractivity contribution in [3.63, 3.8) is 0 Å². The van der Waals surface area contributed by atoms with Crippen LogP contribution in [0, 0.1) is 0 Å². The molecule has 1 aliphatic heterocycles. The van der Waals surface area contributed by atoms with E-state index in [0.29, 0.717) is 6.42 Å². The van der Waals surface area contributed by atoms with Gasteiger partial charge in [0.05, 0.1) is 0 Å². The standard InChI is InChI=1S/C21H29N5O/c1-21(2,3)17-7-4-5-8-18(17)24-19(27)9-12-25-13-15-26(16-14-25)20-22-10-6-11-23-20/h4-8,10-11H,9,12-16H2,1-3H3,(H,24,27). The SMILES string of the molecule is CC(C)(C)c1ccccc1NC(=O)CCN1CCN(c2ncccn2)CC1. The summed E-state index contributed by atoms with van der Waals surface area (Å²) in [7, 11) is 0. The molecule has 1 N–H and O–H groups in total. The molecule has 2 heterocycles. The summed E-state index contributed by atoms with van der Waals surface area (Å²) in [6, 6.07) is 9.88. The molecule has 0 saturated carbocycles. The normalized spacial score (nSPS) is 15.6. The fraction of sp³-hybridized carbons (Fsp3) is 0.476. The van der Waals surface area contributed by atoms with E-state index in [1.165, 1.54) is 0 Å². The van der Waals surface area contributed by atoms with Crippen LogP contribution >= 0.6 is 0 Å². The average molecular weight is 367 g/mol. The third-order valence-electron chi connectivity index (χ3n) is 4.87. The highest BCUT2D eigenvalue weighted by atomic mass is 16.1. The largest absolute Gasteiger partial charge is 0.338 e. The van der Waals surface area contributed by atoms with Crippen molar-refractivity contribution >= 4 is 17.5 Å². The lowest BCUT2D eigenvalue weighted by atomic mass is 9.86. The lowest BCUT2D eigenvalue weighted by molar-refractivity contribution is -0.116. The van der Waals surface area contributed by atoms with Gasteiger partial charge in [0.2, 0.25) is 11.9 Å². The van der Waals surface area contributed by atoms with Gasteiger partial charge < -0.3 is 10.2 Å². The van der Waals surface area contributed by atoms with Gasteiger partial charge in [0.25, 0.3) is 0 Å². The first-order valence-corrected chi connectivity index (χ1v) is 9.57. The Morgan fingerprint density at radius 2 is 1.70 bits per heavy atom. The van der Waals surface area contributed by atoms with Crippen molar-refractivity contribution in [3.8, 4) is 0 Å². The van der Waals surface area contributed by atoms with Crippen molar-refractivity contribution in [2.24, 2.45) is 0 Å². The maximum atomic E-state index is 12.5. The van der Waals surface area contributed by atoms with Crippen molar-refractivity contribution in [2.75, 3.05) is 42.9 Å². The van der Waals surface area contributed by atoms with E-state index in [1.54, 1.807) is 12.4 Å². The third kappa shape index (κ3) is 5.26. The Kier molecular flexibility index (Phi) is 6.06. The van der Waals surface area contributed by atoms with E-state index < -0.39 is 0 Å². The van der Waals surface area contributed by atoms with Crippen LogP contribution < -0.4 is 10.2 Å². The number of hydrogen-bond acceptors (Lipinski definition) is 5. The molecule has 1 amide bonds. The molecule has 1 aliphatic rings. The second-order valence-electron chi connectivity index (χ2n) is 7.97. The lowest BCUT2D eigenvalue weighted by Gasteiger charge is -2.34. The van der Waals surface area contributed by atoms with Gasteiger partial charge in [-0.05, 0) is 23.1 Å². The Morgan fingerprint density at radius 1 is 1.04 bits per heavy atom. The highest BCUT2D eigenvalue weighted by molar-refractivity contribution is 5.91. The predicted octanol–water partition coefficient (Wildman–Crippen LogP) is 2.92. The molecule has 27 heavy (non-hydrogen) atoms. The summed E-state index contributed by atoms with van der Waals surface area (Å²) in [6.45, 7) is 10.9. The van der Waals surface area contributed by atoms with Crippen molar-refractivity contribution < 1.29 is 4.79 Å². The highest BCUT2D eigenvalue weighted by Crippen LogP contribution is 2.29. The number of rotatable bonds is 5. The molecule has 1 aromatic carbocycles. The van der Waals surface area contributed by atoms with Gasteiger partial charge in [-0.2, -0.15) is 0 Å². The molecular weight excluding hydrogens is 338 g/mol. The molecule has 6 nitrogen and oxygen atoms in total. The number of para-hydroxylation sites is 1. The van der Waals surface area contributed by atoms with Crippen LogP contribution in [0.25, 0.3) is 0 Å². The maximum absolute atomic E-state index is 12.5. The predicted molar refractivity (Wildman–Crippen MR) is 109 cm³/mol. The summed E-state index contributed by atoms with van der Waals surface area (Å²) in [5.74, 6) is 0.856. The van der Waals surface area contributed by atoms with Gasteiger partial charge in [-0.3, -0.25) is 9.69 Å². The molecule has 0 radical (unpaired) electrons. The summed E-state index contributed by atoms with van der Waals surface area (Å²) in [4.78, 5) is 25.6. The summed E-state index contributed by atoms with van der Waals surface area (Å²) >= 11 is 0. The summed E-state index contributed by atoms with van der Waals surface area (Å²) in [5, 5.41) is 3.10. The Morgan fingerprint density at radius 3 is 2.37 bits per heavy atom. The number of aromatic nitrogens is 2. The van der Waals surface area contributed by atoms with Gasteiger partial charge in [0.15, 0.2) is 0 Å². The number of benzene rings is 1. The fourth-order valence-electron chi connectivity index (χ4n) is 3.34. The first-order valence-electron chi connectivity index (χ1n) is 9.57. The van der Waals surface area contributed by atoms with Crippen LogP contribution in [0.3, 0.4) is 0 Å². The van der Waals surface area contributed by atoms with Crippen molar-refractivity contribution in [1.29, 1.82) is 0 Å². The van der Waals surface area contributed by atoms with Crippen LogP contribution in [0.4, 0.5) is 11.6 Å². The van der Waals surface area contributed by atoms with E-state index in [4.69, 9.17) is 0 Å². The molecular formula is C21H29N5O. The Hall–Kier alpha value is -2.47. The van der Waals surface area contributed by atoms with Gasteiger partial charge >= 0.3 is 0 Å². The number of piperazine rings is 1. The number of nitrogens with one attached hydrogen (secondary N) is 1. The zero-order chi connectivity index (χ0) is 19.3. The van der Waals surface area contributed by atoms with Gasteiger partial charge in [-0.1, -0.05) is 39.0 Å². The summed E-state index contributed by atoms with van der Waals surface area (Å²) in [5.41, 5.74) is 2.08. The molecule has 0 spiro atoms. The zero-order valence-electron chi connectivity index (χ0n) is 16.5. The summed E-state index contributed by atoms with van der Waals surface area (Å²) < 4.78 is 0. The minimum absolute atomic E-state index is 0.000287. The number of hydrogen-bond donors (Lipinski definition) is 1. The van der Waals surface area contributed by atoms with Crippen molar-refractivity contribution in [3.05, 3.63) is 48.3 Å².